The van der Waals surface area contributed by atoms with Crippen LogP contribution in [0, 0.1) is 0 Å². The fourth-order valence-electron chi connectivity index (χ4n) is 2.33. The lowest BCUT2D eigenvalue weighted by molar-refractivity contribution is -0.123. The van der Waals surface area contributed by atoms with Crippen LogP contribution in [0.3, 0.4) is 0 Å². The zero-order valence-electron chi connectivity index (χ0n) is 13.9. The van der Waals surface area contributed by atoms with Crippen molar-refractivity contribution in [1.29, 1.82) is 0 Å². The van der Waals surface area contributed by atoms with Crippen molar-refractivity contribution in [1.82, 2.24) is 10.0 Å². The van der Waals surface area contributed by atoms with Crippen molar-refractivity contribution in [2.24, 2.45) is 0 Å². The maximum Gasteiger partial charge on any atom is 0.258 e. The average Bonchev–Trinajstić information content (AvgIpc) is 3.03. The number of hydrogen-bond donors (Lipinski definition) is 2. The monoisotopic (exact) mass is 356 g/mol. The molecule has 1 aromatic carbocycles. The number of nitrogens with one attached hydrogen (secondary N) is 2. The van der Waals surface area contributed by atoms with Gasteiger partial charge < -0.3 is 14.8 Å². The highest BCUT2D eigenvalue weighted by Gasteiger charge is 2.17. The van der Waals surface area contributed by atoms with E-state index in [1.54, 1.807) is 13.8 Å². The minimum atomic E-state index is -3.52. The lowest BCUT2D eigenvalue weighted by Gasteiger charge is -2.12. The summed E-state index contributed by atoms with van der Waals surface area (Å²) in [4.78, 5) is 11.9. The highest BCUT2D eigenvalue weighted by Crippen LogP contribution is 2.16. The highest BCUT2D eigenvalue weighted by molar-refractivity contribution is 7.89. The third-order valence-electron chi connectivity index (χ3n) is 3.45. The van der Waals surface area contributed by atoms with Crippen LogP contribution in [0.2, 0.25) is 0 Å². The van der Waals surface area contributed by atoms with E-state index in [4.69, 9.17) is 9.47 Å². The predicted octanol–water partition coefficient (Wildman–Crippen LogP) is 1.05. The predicted molar refractivity (Wildman–Crippen MR) is 89.4 cm³/mol. The molecule has 8 heteroatoms. The van der Waals surface area contributed by atoms with Crippen LogP contribution < -0.4 is 14.8 Å². The van der Waals surface area contributed by atoms with Gasteiger partial charge in [0.1, 0.15) is 5.75 Å². The lowest BCUT2D eigenvalue weighted by Crippen LogP contribution is -2.35. The molecule has 1 amide bonds. The Bertz CT molecular complexity index is 637. The summed E-state index contributed by atoms with van der Waals surface area (Å²) in [5, 5.41) is 2.76. The van der Waals surface area contributed by atoms with E-state index in [-0.39, 0.29) is 29.6 Å². The van der Waals surface area contributed by atoms with Crippen LogP contribution in [0.15, 0.2) is 29.2 Å². The molecule has 0 spiro atoms. The topological polar surface area (TPSA) is 93.7 Å². The van der Waals surface area contributed by atoms with Crippen molar-refractivity contribution in [3.63, 3.8) is 0 Å². The second-order valence-corrected chi connectivity index (χ2v) is 7.69. The Morgan fingerprint density at radius 2 is 2.04 bits per heavy atom. The minimum Gasteiger partial charge on any atom is -0.484 e. The summed E-state index contributed by atoms with van der Waals surface area (Å²) in [6.45, 7) is 4.62. The molecule has 134 valence electrons. The van der Waals surface area contributed by atoms with Gasteiger partial charge >= 0.3 is 0 Å². The molecule has 2 N–H and O–H groups in total. The molecule has 1 aliphatic heterocycles. The summed E-state index contributed by atoms with van der Waals surface area (Å²) < 4.78 is 37.3. The number of sulfonamides is 1. The van der Waals surface area contributed by atoms with Gasteiger partial charge in [-0.15, -0.1) is 0 Å². The molecule has 1 aliphatic rings. The van der Waals surface area contributed by atoms with E-state index in [9.17, 15) is 13.2 Å². The summed E-state index contributed by atoms with van der Waals surface area (Å²) in [7, 11) is -3.52. The number of hydrogen-bond acceptors (Lipinski definition) is 5. The van der Waals surface area contributed by atoms with Gasteiger partial charge in [0, 0.05) is 19.2 Å². The molecule has 0 aliphatic carbocycles. The van der Waals surface area contributed by atoms with Crippen LogP contribution in [0.5, 0.6) is 5.75 Å². The molecular formula is C16H24N2O5S. The number of rotatable bonds is 8. The van der Waals surface area contributed by atoms with Crippen LogP contribution in [-0.2, 0) is 19.6 Å². The smallest absolute Gasteiger partial charge is 0.258 e. The molecule has 1 heterocycles. The van der Waals surface area contributed by atoms with Crippen molar-refractivity contribution >= 4 is 15.9 Å². The van der Waals surface area contributed by atoms with E-state index in [0.29, 0.717) is 12.3 Å². The second-order valence-electron chi connectivity index (χ2n) is 5.98. The quantitative estimate of drug-likeness (QED) is 0.726. The molecule has 0 unspecified atom stereocenters. The number of carbonyl (C=O) groups is 1. The Balaban J connectivity index is 1.80. The van der Waals surface area contributed by atoms with Gasteiger partial charge in [-0.2, -0.15) is 0 Å². The van der Waals surface area contributed by atoms with Crippen molar-refractivity contribution in [3.8, 4) is 5.75 Å². The van der Waals surface area contributed by atoms with E-state index < -0.39 is 10.0 Å². The van der Waals surface area contributed by atoms with Gasteiger partial charge in [0.05, 0.1) is 11.0 Å². The second kappa shape index (κ2) is 8.46. The lowest BCUT2D eigenvalue weighted by atomic mass is 10.2. The van der Waals surface area contributed by atoms with E-state index >= 15 is 0 Å². The molecular weight excluding hydrogens is 332 g/mol. The van der Waals surface area contributed by atoms with E-state index in [1.165, 1.54) is 24.3 Å². The molecule has 24 heavy (non-hydrogen) atoms. The van der Waals surface area contributed by atoms with Gasteiger partial charge in [0.15, 0.2) is 6.61 Å². The first-order valence-corrected chi connectivity index (χ1v) is 9.48. The molecule has 2 rings (SSSR count). The molecule has 1 fully saturated rings. The first-order valence-electron chi connectivity index (χ1n) is 8.00. The van der Waals surface area contributed by atoms with Crippen molar-refractivity contribution in [2.45, 2.75) is 43.7 Å². The number of benzene rings is 1. The first kappa shape index (κ1) is 18.7. The van der Waals surface area contributed by atoms with Gasteiger partial charge in [0.2, 0.25) is 10.0 Å². The first-order chi connectivity index (χ1) is 11.4. The number of ether oxygens (including phenoxy) is 2. The van der Waals surface area contributed by atoms with E-state index in [0.717, 1.165) is 19.4 Å². The molecule has 7 nitrogen and oxygen atoms in total. The standard InChI is InChI=1S/C16H24N2O5S/c1-12(2)18-24(20,21)15-7-5-13(6-8-15)23-11-16(19)17-10-14-4-3-9-22-14/h5-8,12,14,18H,3-4,9-11H2,1-2H3,(H,17,19)/t14-/m0/s1. The van der Waals surface area contributed by atoms with Crippen molar-refractivity contribution < 1.29 is 22.7 Å². The Hall–Kier alpha value is -1.64. The van der Waals surface area contributed by atoms with Crippen LogP contribution in [0.1, 0.15) is 26.7 Å². The normalized spacial score (nSPS) is 17.9. The van der Waals surface area contributed by atoms with Crippen LogP contribution >= 0.6 is 0 Å². The number of carbonyl (C=O) groups excluding carboxylic acids is 1. The molecule has 0 bridgehead atoms. The Morgan fingerprint density at radius 3 is 2.62 bits per heavy atom. The van der Waals surface area contributed by atoms with Gasteiger partial charge in [-0.1, -0.05) is 0 Å². The molecule has 1 aromatic rings. The van der Waals surface area contributed by atoms with Gasteiger partial charge in [-0.3, -0.25) is 4.79 Å². The molecule has 1 saturated heterocycles. The Labute approximate surface area is 142 Å². The largest absolute Gasteiger partial charge is 0.484 e. The van der Waals surface area contributed by atoms with Gasteiger partial charge in [-0.25, -0.2) is 13.1 Å². The zero-order chi connectivity index (χ0) is 17.6. The van der Waals surface area contributed by atoms with E-state index in [2.05, 4.69) is 10.0 Å². The maximum absolute atomic E-state index is 12.0. The van der Waals surface area contributed by atoms with Crippen LogP contribution in [0.4, 0.5) is 0 Å². The zero-order valence-corrected chi connectivity index (χ0v) is 14.8. The van der Waals surface area contributed by atoms with Crippen LogP contribution in [-0.4, -0.2) is 46.2 Å². The third-order valence-corrected chi connectivity index (χ3v) is 5.12. The molecule has 0 aromatic heterocycles. The third kappa shape index (κ3) is 5.77. The summed E-state index contributed by atoms with van der Waals surface area (Å²) >= 11 is 0. The summed E-state index contributed by atoms with van der Waals surface area (Å²) in [6.07, 6.45) is 2.08. The van der Waals surface area contributed by atoms with Crippen molar-refractivity contribution in [3.05, 3.63) is 24.3 Å². The average molecular weight is 356 g/mol. The Kier molecular flexibility index (Phi) is 6.59. The molecule has 1 atom stereocenters. The fourth-order valence-corrected chi connectivity index (χ4v) is 3.58. The molecule has 0 saturated carbocycles. The summed E-state index contributed by atoms with van der Waals surface area (Å²) in [6, 6.07) is 5.78. The fraction of sp³-hybridized carbons (Fsp3) is 0.562. The maximum atomic E-state index is 12.0. The van der Waals surface area contributed by atoms with Crippen molar-refractivity contribution in [2.75, 3.05) is 19.8 Å². The SMILES string of the molecule is CC(C)NS(=O)(=O)c1ccc(OCC(=O)NC[C@@H]2CCCO2)cc1. The van der Waals surface area contributed by atoms with Gasteiger partial charge in [0.25, 0.3) is 5.91 Å². The van der Waals surface area contributed by atoms with Crippen LogP contribution in [0.25, 0.3) is 0 Å². The molecule has 0 radical (unpaired) electrons. The minimum absolute atomic E-state index is 0.0897. The van der Waals surface area contributed by atoms with E-state index in [1.807, 2.05) is 0 Å². The summed E-state index contributed by atoms with van der Waals surface area (Å²) in [5.74, 6) is 0.203. The highest BCUT2D eigenvalue weighted by atomic mass is 32.2. The summed E-state index contributed by atoms with van der Waals surface area (Å²) in [5.41, 5.74) is 0. The van der Waals surface area contributed by atoms with Gasteiger partial charge in [-0.05, 0) is 51.0 Å². The number of amides is 1. The Morgan fingerprint density at radius 1 is 1.33 bits per heavy atom.